The summed E-state index contributed by atoms with van der Waals surface area (Å²) in [5.74, 6) is 1.70. The summed E-state index contributed by atoms with van der Waals surface area (Å²) in [7, 11) is 0. The van der Waals surface area contributed by atoms with Gasteiger partial charge in [-0.05, 0) is 31.6 Å². The quantitative estimate of drug-likeness (QED) is 0.861. The Morgan fingerprint density at radius 2 is 2.24 bits per heavy atom. The van der Waals surface area contributed by atoms with Gasteiger partial charge in [-0.25, -0.2) is 0 Å². The normalized spacial score (nSPS) is 22.3. The Bertz CT molecular complexity index is 350. The van der Waals surface area contributed by atoms with Crippen LogP contribution < -0.4 is 5.32 Å². The van der Waals surface area contributed by atoms with E-state index in [0.717, 1.165) is 17.4 Å². The van der Waals surface area contributed by atoms with E-state index in [-0.39, 0.29) is 6.04 Å². The van der Waals surface area contributed by atoms with Crippen molar-refractivity contribution in [2.24, 2.45) is 0 Å². The van der Waals surface area contributed by atoms with E-state index in [2.05, 4.69) is 24.0 Å². The number of phenols is 1. The fourth-order valence-electron chi connectivity index (χ4n) is 2.24. The highest BCUT2D eigenvalue weighted by molar-refractivity contribution is 7.99. The molecule has 1 heterocycles. The predicted octanol–water partition coefficient (Wildman–Crippen LogP) is 3.33. The summed E-state index contributed by atoms with van der Waals surface area (Å²) in [6, 6.07) is 7.80. The number of para-hydroxylation sites is 1. The fourth-order valence-corrected chi connectivity index (χ4v) is 3.49. The molecule has 0 radical (unpaired) electrons. The van der Waals surface area contributed by atoms with Gasteiger partial charge in [-0.15, -0.1) is 0 Å². The molecule has 0 aromatic heterocycles. The highest BCUT2D eigenvalue weighted by Crippen LogP contribution is 2.26. The second-order valence-corrected chi connectivity index (χ2v) is 6.09. The second kappa shape index (κ2) is 6.31. The van der Waals surface area contributed by atoms with Gasteiger partial charge in [0.25, 0.3) is 0 Å². The number of thioether (sulfide) groups is 1. The van der Waals surface area contributed by atoms with Crippen molar-refractivity contribution < 1.29 is 5.11 Å². The Hall–Kier alpha value is -0.670. The van der Waals surface area contributed by atoms with Gasteiger partial charge >= 0.3 is 0 Å². The van der Waals surface area contributed by atoms with Crippen LogP contribution >= 0.6 is 11.8 Å². The van der Waals surface area contributed by atoms with Gasteiger partial charge in [-0.2, -0.15) is 11.8 Å². The predicted molar refractivity (Wildman–Crippen MR) is 74.6 cm³/mol. The average molecular weight is 251 g/mol. The summed E-state index contributed by atoms with van der Waals surface area (Å²) in [4.78, 5) is 0. The number of hydrogen-bond acceptors (Lipinski definition) is 3. The van der Waals surface area contributed by atoms with E-state index in [9.17, 15) is 5.11 Å². The molecule has 1 saturated heterocycles. The lowest BCUT2D eigenvalue weighted by atomic mass is 10.1. The van der Waals surface area contributed by atoms with Crippen LogP contribution in [0.1, 0.15) is 37.8 Å². The molecule has 2 rings (SSSR count). The third-order valence-electron chi connectivity index (χ3n) is 3.33. The van der Waals surface area contributed by atoms with Gasteiger partial charge in [0, 0.05) is 23.4 Å². The van der Waals surface area contributed by atoms with Crippen LogP contribution in [-0.2, 0) is 0 Å². The molecule has 1 aliphatic heterocycles. The van der Waals surface area contributed by atoms with Crippen LogP contribution in [-0.4, -0.2) is 22.7 Å². The highest BCUT2D eigenvalue weighted by Gasteiger charge is 2.16. The molecule has 94 valence electrons. The van der Waals surface area contributed by atoms with Crippen LogP contribution in [0.3, 0.4) is 0 Å². The third kappa shape index (κ3) is 3.65. The van der Waals surface area contributed by atoms with E-state index in [4.69, 9.17) is 0 Å². The molecule has 2 atom stereocenters. The fraction of sp³-hybridized carbons (Fsp3) is 0.571. The maximum Gasteiger partial charge on any atom is 0.120 e. The first-order chi connectivity index (χ1) is 8.27. The van der Waals surface area contributed by atoms with E-state index < -0.39 is 0 Å². The van der Waals surface area contributed by atoms with Crippen LogP contribution in [0.4, 0.5) is 0 Å². The summed E-state index contributed by atoms with van der Waals surface area (Å²) in [6.45, 7) is 3.16. The van der Waals surface area contributed by atoms with Gasteiger partial charge in [-0.3, -0.25) is 0 Å². The number of aromatic hydroxyl groups is 1. The largest absolute Gasteiger partial charge is 0.508 e. The molecule has 0 bridgehead atoms. The van der Waals surface area contributed by atoms with Crippen molar-refractivity contribution in [2.75, 3.05) is 12.3 Å². The first kappa shape index (κ1) is 12.8. The number of rotatable bonds is 4. The van der Waals surface area contributed by atoms with Gasteiger partial charge in [-0.1, -0.05) is 24.6 Å². The summed E-state index contributed by atoms with van der Waals surface area (Å²) in [5.41, 5.74) is 0.994. The molecule has 0 saturated carbocycles. The summed E-state index contributed by atoms with van der Waals surface area (Å²) in [5, 5.41) is 14.0. The first-order valence-electron chi connectivity index (χ1n) is 6.40. The number of benzene rings is 1. The molecule has 0 amide bonds. The molecule has 0 aliphatic carbocycles. The molecule has 0 spiro atoms. The molecule has 17 heavy (non-hydrogen) atoms. The van der Waals surface area contributed by atoms with Crippen molar-refractivity contribution >= 4 is 11.8 Å². The van der Waals surface area contributed by atoms with Crippen molar-refractivity contribution in [3.8, 4) is 5.75 Å². The van der Waals surface area contributed by atoms with Crippen molar-refractivity contribution in [3.05, 3.63) is 29.8 Å². The molecule has 2 nitrogen and oxygen atoms in total. The molecular formula is C14H21NOS. The van der Waals surface area contributed by atoms with Gasteiger partial charge in [0.1, 0.15) is 5.75 Å². The molecule has 3 heteroatoms. The second-order valence-electron chi connectivity index (χ2n) is 4.68. The third-order valence-corrected chi connectivity index (χ3v) is 4.73. The zero-order chi connectivity index (χ0) is 12.1. The maximum absolute atomic E-state index is 9.77. The molecule has 2 unspecified atom stereocenters. The van der Waals surface area contributed by atoms with E-state index in [0.29, 0.717) is 5.75 Å². The van der Waals surface area contributed by atoms with E-state index >= 15 is 0 Å². The van der Waals surface area contributed by atoms with Crippen molar-refractivity contribution in [3.63, 3.8) is 0 Å². The lowest BCUT2D eigenvalue weighted by Gasteiger charge is -2.24. The summed E-state index contributed by atoms with van der Waals surface area (Å²) < 4.78 is 0. The zero-order valence-electron chi connectivity index (χ0n) is 10.4. The number of phenolic OH excluding ortho intramolecular Hbond substituents is 1. The molecule has 1 aliphatic rings. The lowest BCUT2D eigenvalue weighted by Crippen LogP contribution is -2.29. The van der Waals surface area contributed by atoms with E-state index in [1.807, 2.05) is 18.2 Å². The molecule has 1 aromatic rings. The molecule has 2 N–H and O–H groups in total. The zero-order valence-corrected chi connectivity index (χ0v) is 11.2. The van der Waals surface area contributed by atoms with Crippen LogP contribution in [0.5, 0.6) is 5.75 Å². The minimum Gasteiger partial charge on any atom is -0.508 e. The summed E-state index contributed by atoms with van der Waals surface area (Å²) >= 11 is 2.08. The Labute approximate surface area is 108 Å². The Balaban J connectivity index is 1.84. The minimum atomic E-state index is 0.221. The van der Waals surface area contributed by atoms with E-state index in [1.165, 1.54) is 25.0 Å². The number of hydrogen-bond donors (Lipinski definition) is 2. The molecule has 1 fully saturated rings. The minimum absolute atomic E-state index is 0.221. The lowest BCUT2D eigenvalue weighted by molar-refractivity contribution is 0.451. The van der Waals surface area contributed by atoms with Crippen LogP contribution in [0.15, 0.2) is 24.3 Å². The standard InChI is InChI=1S/C14H21NOS/c1-11(13-7-2-3-8-14(13)16)15-10-12-6-4-5-9-17-12/h2-3,7-8,11-12,15-16H,4-6,9-10H2,1H3. The highest BCUT2D eigenvalue weighted by atomic mass is 32.2. The Kier molecular flexibility index (Phi) is 4.75. The smallest absolute Gasteiger partial charge is 0.120 e. The monoisotopic (exact) mass is 251 g/mol. The SMILES string of the molecule is CC(NCC1CCCCS1)c1ccccc1O. The van der Waals surface area contributed by atoms with Gasteiger partial charge in [0.15, 0.2) is 0 Å². The van der Waals surface area contributed by atoms with Crippen LogP contribution in [0.2, 0.25) is 0 Å². The average Bonchev–Trinajstić information content (AvgIpc) is 2.38. The van der Waals surface area contributed by atoms with Crippen LogP contribution in [0.25, 0.3) is 0 Å². The molecular weight excluding hydrogens is 230 g/mol. The topological polar surface area (TPSA) is 32.3 Å². The van der Waals surface area contributed by atoms with Crippen molar-refractivity contribution in [1.82, 2.24) is 5.32 Å². The van der Waals surface area contributed by atoms with Crippen molar-refractivity contribution in [2.45, 2.75) is 37.5 Å². The van der Waals surface area contributed by atoms with Gasteiger partial charge < -0.3 is 10.4 Å². The van der Waals surface area contributed by atoms with Gasteiger partial charge in [0.2, 0.25) is 0 Å². The van der Waals surface area contributed by atoms with Crippen molar-refractivity contribution in [1.29, 1.82) is 0 Å². The Morgan fingerprint density at radius 1 is 1.41 bits per heavy atom. The Morgan fingerprint density at radius 3 is 2.94 bits per heavy atom. The summed E-state index contributed by atoms with van der Waals surface area (Å²) in [6.07, 6.45) is 4.06. The number of nitrogens with one attached hydrogen (secondary N) is 1. The molecule has 1 aromatic carbocycles. The van der Waals surface area contributed by atoms with Crippen LogP contribution in [0, 0.1) is 0 Å². The van der Waals surface area contributed by atoms with E-state index in [1.54, 1.807) is 6.07 Å². The van der Waals surface area contributed by atoms with Gasteiger partial charge in [0.05, 0.1) is 0 Å². The first-order valence-corrected chi connectivity index (χ1v) is 7.45. The maximum atomic E-state index is 9.77.